The number of benzene rings is 1. The summed E-state index contributed by atoms with van der Waals surface area (Å²) in [6, 6.07) is 5.84. The molecule has 21 heavy (non-hydrogen) atoms. The van der Waals surface area contributed by atoms with Crippen LogP contribution in [-0.4, -0.2) is 24.8 Å². The monoisotopic (exact) mass is 291 g/mol. The van der Waals surface area contributed by atoms with Gasteiger partial charge in [0, 0.05) is 5.69 Å². The van der Waals surface area contributed by atoms with Gasteiger partial charge in [0.05, 0.1) is 0 Å². The van der Waals surface area contributed by atoms with Gasteiger partial charge in [-0.2, -0.15) is 0 Å². The second-order valence-corrected chi connectivity index (χ2v) is 5.26. The summed E-state index contributed by atoms with van der Waals surface area (Å²) in [7, 11) is 0. The SMILES string of the molecule is CCCCCc1cc(NC(=O)C2COC(=O)O2)ccc1C. The lowest BCUT2D eigenvalue weighted by Crippen LogP contribution is -2.29. The maximum Gasteiger partial charge on any atom is 0.509 e. The molecule has 1 aliphatic heterocycles. The minimum absolute atomic E-state index is 0.0279. The van der Waals surface area contributed by atoms with Gasteiger partial charge in [-0.05, 0) is 43.0 Å². The summed E-state index contributed by atoms with van der Waals surface area (Å²) in [5, 5.41) is 2.77. The van der Waals surface area contributed by atoms with Gasteiger partial charge < -0.3 is 14.8 Å². The first-order valence-electron chi connectivity index (χ1n) is 7.34. The standard InChI is InChI=1S/C16H21NO4/c1-3-4-5-6-12-9-13(8-7-11(12)2)17-15(18)14-10-20-16(19)21-14/h7-9,14H,3-6,10H2,1-2H3,(H,17,18). The first-order chi connectivity index (χ1) is 10.1. The van der Waals surface area contributed by atoms with Gasteiger partial charge in [-0.25, -0.2) is 4.79 Å². The van der Waals surface area contributed by atoms with E-state index < -0.39 is 12.3 Å². The van der Waals surface area contributed by atoms with Crippen molar-refractivity contribution in [3.63, 3.8) is 0 Å². The zero-order valence-electron chi connectivity index (χ0n) is 12.5. The van der Waals surface area contributed by atoms with E-state index in [9.17, 15) is 9.59 Å². The van der Waals surface area contributed by atoms with Crippen LogP contribution in [0.3, 0.4) is 0 Å². The van der Waals surface area contributed by atoms with Crippen molar-refractivity contribution in [3.05, 3.63) is 29.3 Å². The van der Waals surface area contributed by atoms with Crippen molar-refractivity contribution < 1.29 is 19.1 Å². The maximum absolute atomic E-state index is 11.9. The number of rotatable bonds is 6. The first-order valence-corrected chi connectivity index (χ1v) is 7.34. The van der Waals surface area contributed by atoms with Gasteiger partial charge in [-0.15, -0.1) is 0 Å². The van der Waals surface area contributed by atoms with E-state index in [0.717, 1.165) is 18.5 Å². The molecule has 1 atom stereocenters. The van der Waals surface area contributed by atoms with E-state index in [1.165, 1.54) is 24.0 Å². The molecule has 5 heteroatoms. The van der Waals surface area contributed by atoms with Crippen LogP contribution in [0.5, 0.6) is 0 Å². The number of carbonyl (C=O) groups excluding carboxylic acids is 2. The number of cyclic esters (lactones) is 2. The molecule has 0 aromatic heterocycles. The molecule has 1 aromatic carbocycles. The fourth-order valence-electron chi connectivity index (χ4n) is 2.26. The number of nitrogens with one attached hydrogen (secondary N) is 1. The van der Waals surface area contributed by atoms with Crippen LogP contribution in [0.25, 0.3) is 0 Å². The number of anilines is 1. The number of ether oxygens (including phenoxy) is 2. The van der Waals surface area contributed by atoms with E-state index in [-0.39, 0.29) is 12.5 Å². The van der Waals surface area contributed by atoms with E-state index in [0.29, 0.717) is 0 Å². The van der Waals surface area contributed by atoms with E-state index in [1.807, 2.05) is 18.2 Å². The molecule has 1 heterocycles. The quantitative estimate of drug-likeness (QED) is 0.645. The van der Waals surface area contributed by atoms with Crippen LogP contribution >= 0.6 is 0 Å². The van der Waals surface area contributed by atoms with Gasteiger partial charge in [-0.3, -0.25) is 4.79 Å². The number of amides is 1. The summed E-state index contributed by atoms with van der Waals surface area (Å²) in [6.45, 7) is 4.22. The largest absolute Gasteiger partial charge is 0.509 e. The molecule has 0 radical (unpaired) electrons. The zero-order valence-corrected chi connectivity index (χ0v) is 12.5. The summed E-state index contributed by atoms with van der Waals surface area (Å²) in [6.07, 6.45) is 2.88. The fourth-order valence-corrected chi connectivity index (χ4v) is 2.26. The number of aryl methyl sites for hydroxylation is 2. The third-order valence-corrected chi connectivity index (χ3v) is 3.55. The smallest absolute Gasteiger partial charge is 0.430 e. The lowest BCUT2D eigenvalue weighted by atomic mass is 10.0. The molecule has 1 amide bonds. The van der Waals surface area contributed by atoms with Crippen LogP contribution in [-0.2, 0) is 20.7 Å². The van der Waals surface area contributed by atoms with Crippen LogP contribution in [0.1, 0.15) is 37.3 Å². The summed E-state index contributed by atoms with van der Waals surface area (Å²) in [5.41, 5.74) is 3.18. The van der Waals surface area contributed by atoms with Gasteiger partial charge in [0.25, 0.3) is 5.91 Å². The van der Waals surface area contributed by atoms with Gasteiger partial charge in [0.15, 0.2) is 0 Å². The Bertz CT molecular complexity index is 527. The summed E-state index contributed by atoms with van der Waals surface area (Å²) < 4.78 is 9.37. The molecule has 5 nitrogen and oxygen atoms in total. The van der Waals surface area contributed by atoms with Crippen molar-refractivity contribution in [1.82, 2.24) is 0 Å². The van der Waals surface area contributed by atoms with Gasteiger partial charge in [0.2, 0.25) is 6.10 Å². The van der Waals surface area contributed by atoms with Crippen LogP contribution in [0, 0.1) is 6.92 Å². The molecular formula is C16H21NO4. The molecule has 0 bridgehead atoms. The predicted molar refractivity (Wildman–Crippen MR) is 79.3 cm³/mol. The second kappa shape index (κ2) is 7.11. The molecule has 114 valence electrons. The average molecular weight is 291 g/mol. The third kappa shape index (κ3) is 4.21. The number of hydrogen-bond donors (Lipinski definition) is 1. The van der Waals surface area contributed by atoms with Crippen molar-refractivity contribution >= 4 is 17.7 Å². The molecule has 1 fully saturated rings. The highest BCUT2D eigenvalue weighted by molar-refractivity contribution is 5.96. The number of hydrogen-bond acceptors (Lipinski definition) is 4. The second-order valence-electron chi connectivity index (χ2n) is 5.26. The molecule has 0 saturated carbocycles. The van der Waals surface area contributed by atoms with Gasteiger partial charge >= 0.3 is 6.16 Å². The van der Waals surface area contributed by atoms with E-state index in [1.54, 1.807) is 0 Å². The highest BCUT2D eigenvalue weighted by Crippen LogP contribution is 2.19. The molecule has 0 spiro atoms. The van der Waals surface area contributed by atoms with E-state index in [4.69, 9.17) is 4.74 Å². The van der Waals surface area contributed by atoms with Gasteiger partial charge in [-0.1, -0.05) is 25.8 Å². The Kier molecular flexibility index (Phi) is 5.20. The Hall–Kier alpha value is -2.04. The van der Waals surface area contributed by atoms with Crippen molar-refractivity contribution in [1.29, 1.82) is 0 Å². The molecule has 1 unspecified atom stereocenters. The molecule has 1 aliphatic rings. The Morgan fingerprint density at radius 1 is 1.38 bits per heavy atom. The normalized spacial score (nSPS) is 17.2. The van der Waals surface area contributed by atoms with E-state index in [2.05, 4.69) is 23.9 Å². The lowest BCUT2D eigenvalue weighted by Gasteiger charge is -2.11. The van der Waals surface area contributed by atoms with E-state index >= 15 is 0 Å². The molecule has 1 N–H and O–H groups in total. The topological polar surface area (TPSA) is 64.6 Å². The zero-order chi connectivity index (χ0) is 15.2. The average Bonchev–Trinajstić information content (AvgIpc) is 2.89. The number of carbonyl (C=O) groups is 2. The highest BCUT2D eigenvalue weighted by Gasteiger charge is 2.31. The Morgan fingerprint density at radius 3 is 2.86 bits per heavy atom. The van der Waals surface area contributed by atoms with Crippen LogP contribution in [0.4, 0.5) is 10.5 Å². The van der Waals surface area contributed by atoms with Crippen molar-refractivity contribution in [3.8, 4) is 0 Å². The summed E-state index contributed by atoms with van der Waals surface area (Å²) in [5.74, 6) is -0.357. The van der Waals surface area contributed by atoms with Crippen LogP contribution in [0.15, 0.2) is 18.2 Å². The molecule has 1 saturated heterocycles. The highest BCUT2D eigenvalue weighted by atomic mass is 16.8. The Morgan fingerprint density at radius 2 is 2.19 bits per heavy atom. The molecular weight excluding hydrogens is 270 g/mol. The summed E-state index contributed by atoms with van der Waals surface area (Å²) in [4.78, 5) is 22.8. The van der Waals surface area contributed by atoms with Crippen molar-refractivity contribution in [2.45, 2.75) is 45.6 Å². The molecule has 2 rings (SSSR count). The van der Waals surface area contributed by atoms with Crippen LogP contribution in [0.2, 0.25) is 0 Å². The first kappa shape index (κ1) is 15.4. The van der Waals surface area contributed by atoms with Crippen LogP contribution < -0.4 is 5.32 Å². The third-order valence-electron chi connectivity index (χ3n) is 3.55. The summed E-state index contributed by atoms with van der Waals surface area (Å²) >= 11 is 0. The predicted octanol–water partition coefficient (Wildman–Crippen LogP) is 3.20. The van der Waals surface area contributed by atoms with Crippen molar-refractivity contribution in [2.24, 2.45) is 0 Å². The Balaban J connectivity index is 1.98. The minimum atomic E-state index is -0.859. The minimum Gasteiger partial charge on any atom is -0.430 e. The fraction of sp³-hybridized carbons (Fsp3) is 0.500. The Labute approximate surface area is 124 Å². The molecule has 1 aromatic rings. The lowest BCUT2D eigenvalue weighted by molar-refractivity contribution is -0.122. The maximum atomic E-state index is 11.9. The molecule has 0 aliphatic carbocycles. The number of unbranched alkanes of at least 4 members (excludes halogenated alkanes) is 2. The van der Waals surface area contributed by atoms with Crippen molar-refractivity contribution in [2.75, 3.05) is 11.9 Å². The van der Waals surface area contributed by atoms with Gasteiger partial charge in [0.1, 0.15) is 6.61 Å².